The molecule has 0 saturated carbocycles. The van der Waals surface area contributed by atoms with Crippen LogP contribution < -0.4 is 20.7 Å². The number of ether oxygens (including phenoxy) is 3. The number of benzene rings is 2. The molecule has 6 rings (SSSR count). The molecule has 0 bridgehead atoms. The maximum absolute atomic E-state index is 13.4. The van der Waals surface area contributed by atoms with Crippen LogP contribution in [0.5, 0.6) is 11.5 Å². The van der Waals surface area contributed by atoms with E-state index in [1.807, 2.05) is 48.5 Å². The molecule has 0 aliphatic carbocycles. The summed E-state index contributed by atoms with van der Waals surface area (Å²) in [6.07, 6.45) is -0.462. The monoisotopic (exact) mass is 431 g/mol. The van der Waals surface area contributed by atoms with Gasteiger partial charge in [-0.05, 0) is 23.3 Å². The van der Waals surface area contributed by atoms with Crippen molar-refractivity contribution in [1.82, 2.24) is 13.7 Å². The van der Waals surface area contributed by atoms with E-state index in [0.717, 1.165) is 27.1 Å². The Balaban J connectivity index is 1.72. The van der Waals surface area contributed by atoms with Gasteiger partial charge >= 0.3 is 5.69 Å². The second-order valence-corrected chi connectivity index (χ2v) is 8.04. The van der Waals surface area contributed by atoms with Gasteiger partial charge in [-0.1, -0.05) is 36.4 Å². The quantitative estimate of drug-likeness (QED) is 0.488. The molecule has 4 aromatic rings. The molecule has 8 nitrogen and oxygen atoms in total. The minimum absolute atomic E-state index is 0.187. The molecule has 0 fully saturated rings. The van der Waals surface area contributed by atoms with E-state index >= 15 is 0 Å². The van der Waals surface area contributed by atoms with Crippen LogP contribution in [0.2, 0.25) is 0 Å². The predicted molar refractivity (Wildman–Crippen MR) is 118 cm³/mol. The summed E-state index contributed by atoms with van der Waals surface area (Å²) in [6, 6.07) is 15.5. The summed E-state index contributed by atoms with van der Waals surface area (Å²) in [5.41, 5.74) is 3.31. The maximum atomic E-state index is 13.4. The molecule has 162 valence electrons. The Labute approximate surface area is 182 Å². The molecule has 2 aliphatic heterocycles. The zero-order chi connectivity index (χ0) is 22.0. The van der Waals surface area contributed by atoms with E-state index in [4.69, 9.17) is 14.2 Å². The fraction of sp³-hybridized carbons (Fsp3) is 0.250. The highest BCUT2D eigenvalue weighted by molar-refractivity contribution is 5.96. The van der Waals surface area contributed by atoms with Crippen molar-refractivity contribution in [2.75, 3.05) is 13.4 Å². The van der Waals surface area contributed by atoms with Gasteiger partial charge in [-0.3, -0.25) is 13.9 Å². The van der Waals surface area contributed by atoms with Gasteiger partial charge < -0.3 is 18.8 Å². The molecule has 2 aromatic carbocycles. The first-order valence-corrected chi connectivity index (χ1v) is 10.4. The van der Waals surface area contributed by atoms with Crippen LogP contribution in [-0.4, -0.2) is 27.1 Å². The summed E-state index contributed by atoms with van der Waals surface area (Å²) >= 11 is 0. The van der Waals surface area contributed by atoms with Crippen molar-refractivity contribution in [3.05, 3.63) is 80.6 Å². The molecular formula is C24H21N3O5. The van der Waals surface area contributed by atoms with Gasteiger partial charge in [-0.15, -0.1) is 0 Å². The molecule has 8 heteroatoms. The van der Waals surface area contributed by atoms with Crippen molar-refractivity contribution in [3.63, 3.8) is 0 Å². The van der Waals surface area contributed by atoms with Crippen molar-refractivity contribution in [3.8, 4) is 22.8 Å². The highest BCUT2D eigenvalue weighted by Gasteiger charge is 2.33. The van der Waals surface area contributed by atoms with Crippen LogP contribution in [0.1, 0.15) is 17.4 Å². The van der Waals surface area contributed by atoms with Crippen LogP contribution in [0.25, 0.3) is 22.2 Å². The smallest absolute Gasteiger partial charge is 0.331 e. The third-order valence-corrected chi connectivity index (χ3v) is 6.30. The Hall–Kier alpha value is -3.78. The van der Waals surface area contributed by atoms with Gasteiger partial charge in [-0.2, -0.15) is 0 Å². The van der Waals surface area contributed by atoms with Gasteiger partial charge in [0.15, 0.2) is 11.5 Å². The van der Waals surface area contributed by atoms with Gasteiger partial charge in [0, 0.05) is 20.6 Å². The number of hydrogen-bond acceptors (Lipinski definition) is 5. The number of nitrogens with zero attached hydrogens (tertiary/aromatic N) is 3. The Bertz CT molecular complexity index is 1500. The van der Waals surface area contributed by atoms with Gasteiger partial charge in [-0.25, -0.2) is 4.79 Å². The fourth-order valence-electron chi connectivity index (χ4n) is 4.81. The van der Waals surface area contributed by atoms with E-state index < -0.39 is 6.10 Å². The topological polar surface area (TPSA) is 76.6 Å². The molecule has 1 unspecified atom stereocenters. The Kier molecular flexibility index (Phi) is 4.06. The first-order chi connectivity index (χ1) is 15.6. The van der Waals surface area contributed by atoms with Gasteiger partial charge in [0.05, 0.1) is 28.9 Å². The lowest BCUT2D eigenvalue weighted by molar-refractivity contribution is 0.0477. The fourth-order valence-corrected chi connectivity index (χ4v) is 4.81. The molecular weight excluding hydrogens is 410 g/mol. The van der Waals surface area contributed by atoms with Crippen LogP contribution in [0.15, 0.2) is 58.1 Å². The first-order valence-electron chi connectivity index (χ1n) is 10.4. The maximum Gasteiger partial charge on any atom is 0.331 e. The van der Waals surface area contributed by atoms with E-state index in [1.165, 1.54) is 7.05 Å². The zero-order valence-corrected chi connectivity index (χ0v) is 17.7. The summed E-state index contributed by atoms with van der Waals surface area (Å²) in [4.78, 5) is 26.2. The first kappa shape index (κ1) is 18.9. The second kappa shape index (κ2) is 6.86. The van der Waals surface area contributed by atoms with Crippen LogP contribution in [0, 0.1) is 0 Å². The molecule has 0 amide bonds. The minimum Gasteiger partial charge on any atom is -0.454 e. The van der Waals surface area contributed by atoms with E-state index in [1.54, 1.807) is 11.6 Å². The van der Waals surface area contributed by atoms with Crippen LogP contribution in [-0.2, 0) is 25.4 Å². The second-order valence-electron chi connectivity index (χ2n) is 8.04. The van der Waals surface area contributed by atoms with Crippen molar-refractivity contribution < 1.29 is 14.2 Å². The highest BCUT2D eigenvalue weighted by atomic mass is 16.7. The summed E-state index contributed by atoms with van der Waals surface area (Å²) in [6.45, 7) is 1.24. The van der Waals surface area contributed by atoms with E-state index in [0.29, 0.717) is 35.6 Å². The van der Waals surface area contributed by atoms with Crippen LogP contribution in [0.4, 0.5) is 0 Å². The number of hydrogen-bond donors (Lipinski definition) is 0. The molecule has 0 N–H and O–H groups in total. The number of fused-ring (bicyclic) bond motifs is 4. The lowest BCUT2D eigenvalue weighted by atomic mass is 10.0. The van der Waals surface area contributed by atoms with Crippen molar-refractivity contribution in [1.29, 1.82) is 0 Å². The third-order valence-electron chi connectivity index (χ3n) is 6.30. The average molecular weight is 431 g/mol. The SMILES string of the molecule is Cn1c(=O)c2c(-c3ccccc3)n3c(c2n(C)c1=O)C(c1ccc2c(c1)OCO2)OCC3. The number of aryl methyl sites for hydroxylation is 1. The van der Waals surface area contributed by atoms with Crippen molar-refractivity contribution in [2.45, 2.75) is 12.6 Å². The van der Waals surface area contributed by atoms with E-state index in [-0.39, 0.29) is 18.0 Å². The predicted octanol–water partition coefficient (Wildman–Crippen LogP) is 2.55. The summed E-state index contributed by atoms with van der Waals surface area (Å²) < 4.78 is 22.1. The Morgan fingerprint density at radius 3 is 2.53 bits per heavy atom. The molecule has 2 aliphatic rings. The van der Waals surface area contributed by atoms with E-state index in [9.17, 15) is 9.59 Å². The van der Waals surface area contributed by atoms with Crippen LogP contribution >= 0.6 is 0 Å². The average Bonchev–Trinajstić information content (AvgIpc) is 3.44. The number of rotatable bonds is 2. The Morgan fingerprint density at radius 1 is 0.938 bits per heavy atom. The zero-order valence-electron chi connectivity index (χ0n) is 17.7. The van der Waals surface area contributed by atoms with Crippen molar-refractivity contribution in [2.24, 2.45) is 14.1 Å². The lowest BCUT2D eigenvalue weighted by Crippen LogP contribution is -2.37. The van der Waals surface area contributed by atoms with Crippen molar-refractivity contribution >= 4 is 10.9 Å². The Morgan fingerprint density at radius 2 is 1.72 bits per heavy atom. The largest absolute Gasteiger partial charge is 0.454 e. The molecule has 0 radical (unpaired) electrons. The normalized spacial score (nSPS) is 17.0. The molecule has 2 aromatic heterocycles. The molecule has 32 heavy (non-hydrogen) atoms. The summed E-state index contributed by atoms with van der Waals surface area (Å²) in [5, 5.41) is 0.520. The van der Waals surface area contributed by atoms with Gasteiger partial charge in [0.2, 0.25) is 6.79 Å². The summed E-state index contributed by atoms with van der Waals surface area (Å²) in [5.74, 6) is 1.35. The van der Waals surface area contributed by atoms with Crippen LogP contribution in [0.3, 0.4) is 0 Å². The minimum atomic E-state index is -0.462. The summed E-state index contributed by atoms with van der Waals surface area (Å²) in [7, 11) is 3.21. The molecule has 1 atom stereocenters. The van der Waals surface area contributed by atoms with E-state index in [2.05, 4.69) is 4.57 Å². The standard InChI is InChI=1S/C24H21N3O5/c1-25-20-18(23(28)26(2)24(25)29)19(14-6-4-3-5-7-14)27-10-11-30-22(21(20)27)15-8-9-16-17(12-15)32-13-31-16/h3-9,12,22H,10-11,13H2,1-2H3. The highest BCUT2D eigenvalue weighted by Crippen LogP contribution is 2.42. The third kappa shape index (κ3) is 2.53. The number of aromatic nitrogens is 3. The lowest BCUT2D eigenvalue weighted by Gasteiger charge is -2.27. The molecule has 0 saturated heterocycles. The molecule has 4 heterocycles. The molecule has 0 spiro atoms. The van der Waals surface area contributed by atoms with Gasteiger partial charge in [0.1, 0.15) is 6.10 Å². The van der Waals surface area contributed by atoms with Gasteiger partial charge in [0.25, 0.3) is 5.56 Å².